The van der Waals surface area contributed by atoms with Gasteiger partial charge in [0.05, 0.1) is 0 Å². The normalized spacial score (nSPS) is 15.9. The summed E-state index contributed by atoms with van der Waals surface area (Å²) in [5, 5.41) is 9.16. The van der Waals surface area contributed by atoms with Crippen molar-refractivity contribution in [1.82, 2.24) is 9.97 Å². The largest absolute Gasteiger partial charge is 0.477 e. The molecular formula is C13H19N3O2. The standard InChI is InChI=1S/C13H19N3O2/c1-9-14-7-11(13(17)18)12(15-9)16(2)8-10-5-3-4-6-10/h7,10H,3-6,8H2,1-2H3,(H,17,18). The highest BCUT2D eigenvalue weighted by Crippen LogP contribution is 2.27. The number of aromatic carboxylic acids is 1. The predicted molar refractivity (Wildman–Crippen MR) is 69.0 cm³/mol. The van der Waals surface area contributed by atoms with Gasteiger partial charge in [0.15, 0.2) is 0 Å². The molecule has 0 unspecified atom stereocenters. The minimum Gasteiger partial charge on any atom is -0.477 e. The van der Waals surface area contributed by atoms with Crippen molar-refractivity contribution < 1.29 is 9.90 Å². The van der Waals surface area contributed by atoms with Crippen LogP contribution in [0.1, 0.15) is 41.9 Å². The zero-order chi connectivity index (χ0) is 13.1. The highest BCUT2D eigenvalue weighted by atomic mass is 16.4. The van der Waals surface area contributed by atoms with E-state index in [4.69, 9.17) is 5.11 Å². The second-order valence-electron chi connectivity index (χ2n) is 4.99. The molecule has 0 radical (unpaired) electrons. The molecule has 0 bridgehead atoms. The van der Waals surface area contributed by atoms with Crippen molar-refractivity contribution in [2.75, 3.05) is 18.5 Å². The number of anilines is 1. The molecule has 0 amide bonds. The summed E-state index contributed by atoms with van der Waals surface area (Å²) >= 11 is 0. The van der Waals surface area contributed by atoms with E-state index in [1.165, 1.54) is 31.9 Å². The van der Waals surface area contributed by atoms with Crippen molar-refractivity contribution in [2.24, 2.45) is 5.92 Å². The number of carbonyl (C=O) groups is 1. The van der Waals surface area contributed by atoms with Gasteiger partial charge in [-0.3, -0.25) is 0 Å². The Labute approximate surface area is 107 Å². The van der Waals surface area contributed by atoms with Gasteiger partial charge < -0.3 is 10.0 Å². The smallest absolute Gasteiger partial charge is 0.341 e. The minimum absolute atomic E-state index is 0.182. The van der Waals surface area contributed by atoms with Crippen LogP contribution in [0.25, 0.3) is 0 Å². The number of carboxylic acids is 1. The Balaban J connectivity index is 2.19. The first-order chi connectivity index (χ1) is 8.58. The van der Waals surface area contributed by atoms with E-state index in [1.807, 2.05) is 11.9 Å². The average molecular weight is 249 g/mol. The summed E-state index contributed by atoms with van der Waals surface area (Å²) in [7, 11) is 1.91. The lowest BCUT2D eigenvalue weighted by atomic mass is 10.1. The highest BCUT2D eigenvalue weighted by Gasteiger charge is 2.21. The third kappa shape index (κ3) is 2.78. The van der Waals surface area contributed by atoms with Crippen LogP contribution in [0.3, 0.4) is 0 Å². The number of aryl methyl sites for hydroxylation is 1. The van der Waals surface area contributed by atoms with Crippen LogP contribution in [-0.2, 0) is 0 Å². The van der Waals surface area contributed by atoms with Gasteiger partial charge in [0.2, 0.25) is 0 Å². The average Bonchev–Trinajstić information content (AvgIpc) is 2.81. The van der Waals surface area contributed by atoms with Crippen molar-refractivity contribution in [1.29, 1.82) is 0 Å². The molecule has 0 spiro atoms. The molecule has 1 N–H and O–H groups in total. The van der Waals surface area contributed by atoms with Crippen molar-refractivity contribution >= 4 is 11.8 Å². The number of rotatable bonds is 4. The molecule has 1 aliphatic rings. The zero-order valence-electron chi connectivity index (χ0n) is 10.9. The monoisotopic (exact) mass is 249 g/mol. The maximum absolute atomic E-state index is 11.2. The van der Waals surface area contributed by atoms with Crippen LogP contribution < -0.4 is 4.90 Å². The molecule has 0 saturated heterocycles. The summed E-state index contributed by atoms with van der Waals surface area (Å²) in [5.41, 5.74) is 0.182. The Hall–Kier alpha value is -1.65. The first-order valence-electron chi connectivity index (χ1n) is 6.36. The van der Waals surface area contributed by atoms with Gasteiger partial charge in [0.25, 0.3) is 0 Å². The van der Waals surface area contributed by atoms with Crippen molar-refractivity contribution in [2.45, 2.75) is 32.6 Å². The van der Waals surface area contributed by atoms with Gasteiger partial charge in [-0.2, -0.15) is 0 Å². The van der Waals surface area contributed by atoms with Gasteiger partial charge in [-0.15, -0.1) is 0 Å². The van der Waals surface area contributed by atoms with Gasteiger partial charge in [0, 0.05) is 19.8 Å². The molecule has 5 heteroatoms. The molecule has 0 atom stereocenters. The summed E-state index contributed by atoms with van der Waals surface area (Å²) < 4.78 is 0. The Morgan fingerprint density at radius 2 is 2.17 bits per heavy atom. The van der Waals surface area contributed by atoms with E-state index < -0.39 is 5.97 Å². The molecule has 1 aromatic rings. The Bertz CT molecular complexity index is 442. The van der Waals surface area contributed by atoms with Crippen LogP contribution in [0.4, 0.5) is 5.82 Å². The van der Waals surface area contributed by atoms with E-state index in [0.717, 1.165) is 6.54 Å². The number of hydrogen-bond acceptors (Lipinski definition) is 4. The fraction of sp³-hybridized carbons (Fsp3) is 0.615. The molecule has 2 rings (SSSR count). The van der Waals surface area contributed by atoms with Gasteiger partial charge >= 0.3 is 5.97 Å². The number of nitrogens with zero attached hydrogens (tertiary/aromatic N) is 3. The first kappa shape index (κ1) is 12.8. The molecule has 5 nitrogen and oxygen atoms in total. The molecule has 1 fully saturated rings. The molecule has 1 saturated carbocycles. The van der Waals surface area contributed by atoms with E-state index in [0.29, 0.717) is 17.6 Å². The third-order valence-corrected chi connectivity index (χ3v) is 3.49. The van der Waals surface area contributed by atoms with Gasteiger partial charge in [-0.25, -0.2) is 14.8 Å². The summed E-state index contributed by atoms with van der Waals surface area (Å²) in [4.78, 5) is 21.3. The van der Waals surface area contributed by atoms with E-state index in [1.54, 1.807) is 6.92 Å². The lowest BCUT2D eigenvalue weighted by Gasteiger charge is -2.23. The molecule has 18 heavy (non-hydrogen) atoms. The lowest BCUT2D eigenvalue weighted by Crippen LogP contribution is -2.27. The fourth-order valence-electron chi connectivity index (χ4n) is 2.57. The molecule has 0 aliphatic heterocycles. The van der Waals surface area contributed by atoms with E-state index in [2.05, 4.69) is 9.97 Å². The maximum atomic E-state index is 11.2. The minimum atomic E-state index is -0.969. The topological polar surface area (TPSA) is 66.3 Å². The molecule has 1 heterocycles. The van der Waals surface area contributed by atoms with Gasteiger partial charge in [0.1, 0.15) is 17.2 Å². The SMILES string of the molecule is Cc1ncc(C(=O)O)c(N(C)CC2CCCC2)n1. The Morgan fingerprint density at radius 3 is 2.78 bits per heavy atom. The first-order valence-corrected chi connectivity index (χ1v) is 6.36. The van der Waals surface area contributed by atoms with E-state index >= 15 is 0 Å². The van der Waals surface area contributed by atoms with Crippen LogP contribution in [-0.4, -0.2) is 34.6 Å². The fourth-order valence-corrected chi connectivity index (χ4v) is 2.57. The molecule has 98 valence electrons. The van der Waals surface area contributed by atoms with E-state index in [9.17, 15) is 4.79 Å². The van der Waals surface area contributed by atoms with Crippen LogP contribution >= 0.6 is 0 Å². The van der Waals surface area contributed by atoms with E-state index in [-0.39, 0.29) is 5.56 Å². The van der Waals surface area contributed by atoms with Crippen molar-refractivity contribution in [3.8, 4) is 0 Å². The molecule has 1 aromatic heterocycles. The molecular weight excluding hydrogens is 230 g/mol. The Morgan fingerprint density at radius 1 is 1.50 bits per heavy atom. The number of carboxylic acid groups (broad SMARTS) is 1. The number of aromatic nitrogens is 2. The van der Waals surface area contributed by atoms with Crippen LogP contribution in [0, 0.1) is 12.8 Å². The lowest BCUT2D eigenvalue weighted by molar-refractivity contribution is 0.0696. The van der Waals surface area contributed by atoms with Crippen molar-refractivity contribution in [3.63, 3.8) is 0 Å². The quantitative estimate of drug-likeness (QED) is 0.885. The van der Waals surface area contributed by atoms with Crippen molar-refractivity contribution in [3.05, 3.63) is 17.6 Å². The van der Waals surface area contributed by atoms with Gasteiger partial charge in [-0.1, -0.05) is 12.8 Å². The second kappa shape index (κ2) is 5.33. The Kier molecular flexibility index (Phi) is 3.79. The predicted octanol–water partition coefficient (Wildman–Crippen LogP) is 2.11. The summed E-state index contributed by atoms with van der Waals surface area (Å²) in [6, 6.07) is 0. The summed E-state index contributed by atoms with van der Waals surface area (Å²) in [6.07, 6.45) is 6.43. The molecule has 1 aliphatic carbocycles. The highest BCUT2D eigenvalue weighted by molar-refractivity contribution is 5.92. The number of hydrogen-bond donors (Lipinski definition) is 1. The van der Waals surface area contributed by atoms with Crippen LogP contribution in [0.15, 0.2) is 6.20 Å². The molecule has 0 aromatic carbocycles. The zero-order valence-corrected chi connectivity index (χ0v) is 10.9. The second-order valence-corrected chi connectivity index (χ2v) is 4.99. The summed E-state index contributed by atoms with van der Waals surface area (Å²) in [6.45, 7) is 2.65. The third-order valence-electron chi connectivity index (χ3n) is 3.49. The van der Waals surface area contributed by atoms with Gasteiger partial charge in [-0.05, 0) is 25.7 Å². The maximum Gasteiger partial charge on any atom is 0.341 e. The van der Waals surface area contributed by atoms with Crippen LogP contribution in [0.5, 0.6) is 0 Å². The van der Waals surface area contributed by atoms with Crippen LogP contribution in [0.2, 0.25) is 0 Å². The summed E-state index contributed by atoms with van der Waals surface area (Å²) in [5.74, 6) is 0.824.